The van der Waals surface area contributed by atoms with Gasteiger partial charge >= 0.3 is 6.36 Å². The van der Waals surface area contributed by atoms with Crippen molar-refractivity contribution in [2.24, 2.45) is 0 Å². The Hall–Kier alpha value is -3.01. The van der Waals surface area contributed by atoms with Crippen molar-refractivity contribution < 1.29 is 22.7 Å². The number of carbonyl (C=O) groups excluding carboxylic acids is 1. The maximum atomic E-state index is 12.5. The molecule has 1 aliphatic rings. The second-order valence-electron chi connectivity index (χ2n) is 7.96. The number of alkyl halides is 3. The first-order chi connectivity index (χ1) is 15.0. The van der Waals surface area contributed by atoms with Crippen molar-refractivity contribution in [3.8, 4) is 5.75 Å². The van der Waals surface area contributed by atoms with Crippen LogP contribution in [0.2, 0.25) is 0 Å². The Kier molecular flexibility index (Phi) is 7.12. The second kappa shape index (κ2) is 9.64. The molecule has 10 heteroatoms. The third-order valence-corrected chi connectivity index (χ3v) is 5.13. The summed E-state index contributed by atoms with van der Waals surface area (Å²) in [7, 11) is 0. The Balaban J connectivity index is 1.73. The number of fused-ring (bicyclic) bond motifs is 1. The van der Waals surface area contributed by atoms with Crippen LogP contribution in [0.25, 0.3) is 0 Å². The van der Waals surface area contributed by atoms with Gasteiger partial charge in [-0.3, -0.25) is 9.52 Å². The second-order valence-corrected chi connectivity index (χ2v) is 9.59. The van der Waals surface area contributed by atoms with Crippen molar-refractivity contribution in [1.29, 1.82) is 0 Å². The monoisotopic (exact) mass is 464 g/mol. The lowest BCUT2D eigenvalue weighted by molar-refractivity contribution is -0.274. The van der Waals surface area contributed by atoms with Crippen molar-refractivity contribution in [3.63, 3.8) is 0 Å². The molecule has 2 aromatic rings. The van der Waals surface area contributed by atoms with Gasteiger partial charge in [-0.2, -0.15) is 0 Å². The Morgan fingerprint density at radius 2 is 1.81 bits per heavy atom. The van der Waals surface area contributed by atoms with E-state index in [1.54, 1.807) is 6.08 Å². The average Bonchev–Trinajstić information content (AvgIpc) is 2.67. The lowest BCUT2D eigenvalue weighted by Gasteiger charge is -2.18. The predicted molar refractivity (Wildman–Crippen MR) is 119 cm³/mol. The highest BCUT2D eigenvalue weighted by Crippen LogP contribution is 2.27. The summed E-state index contributed by atoms with van der Waals surface area (Å²) < 4.78 is 43.6. The van der Waals surface area contributed by atoms with Crippen LogP contribution in [0.15, 0.2) is 54.4 Å². The van der Waals surface area contributed by atoms with Crippen LogP contribution in [-0.4, -0.2) is 27.0 Å². The highest BCUT2D eigenvalue weighted by atomic mass is 32.2. The summed E-state index contributed by atoms with van der Waals surface area (Å²) in [5.41, 5.74) is 2.72. The molecule has 170 valence electrons. The van der Waals surface area contributed by atoms with Crippen molar-refractivity contribution in [2.45, 2.75) is 44.7 Å². The van der Waals surface area contributed by atoms with Gasteiger partial charge in [0.1, 0.15) is 17.9 Å². The maximum Gasteiger partial charge on any atom is 0.573 e. The quantitative estimate of drug-likeness (QED) is 0.588. The molecule has 0 atom stereocenters. The fraction of sp³-hybridized carbons (Fsp3) is 0.318. The summed E-state index contributed by atoms with van der Waals surface area (Å²) in [4.78, 5) is 21.1. The number of anilines is 2. The van der Waals surface area contributed by atoms with Gasteiger partial charge in [0, 0.05) is 28.0 Å². The number of hydrogen-bond acceptors (Lipinski definition) is 6. The molecule has 0 aliphatic heterocycles. The van der Waals surface area contributed by atoms with Crippen LogP contribution in [0.1, 0.15) is 32.0 Å². The van der Waals surface area contributed by atoms with Crippen LogP contribution in [0.5, 0.6) is 5.75 Å². The third-order valence-electron chi connectivity index (χ3n) is 4.23. The Bertz CT molecular complexity index is 1030. The van der Waals surface area contributed by atoms with E-state index in [-0.39, 0.29) is 16.4 Å². The molecule has 0 radical (unpaired) electrons. The van der Waals surface area contributed by atoms with Gasteiger partial charge in [0.05, 0.1) is 5.69 Å². The number of allylic oxidation sites excluding steroid dienone is 2. The van der Waals surface area contributed by atoms with Gasteiger partial charge in [0.15, 0.2) is 0 Å². The van der Waals surface area contributed by atoms with Gasteiger partial charge in [0.25, 0.3) is 5.91 Å². The minimum atomic E-state index is -4.74. The van der Waals surface area contributed by atoms with E-state index in [4.69, 9.17) is 0 Å². The van der Waals surface area contributed by atoms with E-state index in [0.29, 0.717) is 29.9 Å². The third kappa shape index (κ3) is 7.01. The SMILES string of the molecule is CC(C)(C)SNC(=O)C1=CCc2ncnc(Nc3ccc(OC(F)(F)F)cc3)c2CC=C1. The van der Waals surface area contributed by atoms with Gasteiger partial charge < -0.3 is 10.1 Å². The number of nitrogens with one attached hydrogen (secondary N) is 2. The molecule has 0 saturated carbocycles. The van der Waals surface area contributed by atoms with Crippen molar-refractivity contribution in [1.82, 2.24) is 14.7 Å². The molecule has 1 amide bonds. The zero-order valence-electron chi connectivity index (χ0n) is 17.8. The number of amides is 1. The summed E-state index contributed by atoms with van der Waals surface area (Å²) in [6.07, 6.45) is 3.05. The molecule has 1 aromatic heterocycles. The van der Waals surface area contributed by atoms with E-state index in [0.717, 1.165) is 11.3 Å². The first kappa shape index (κ1) is 23.6. The average molecular weight is 465 g/mol. The van der Waals surface area contributed by atoms with Crippen molar-refractivity contribution in [2.75, 3.05) is 5.32 Å². The Morgan fingerprint density at radius 3 is 2.47 bits per heavy atom. The molecule has 0 spiro atoms. The summed E-state index contributed by atoms with van der Waals surface area (Å²) in [5.74, 6) is 0.0801. The molecule has 3 rings (SSSR count). The van der Waals surface area contributed by atoms with Gasteiger partial charge in [-0.1, -0.05) is 18.2 Å². The van der Waals surface area contributed by atoms with E-state index < -0.39 is 6.36 Å². The normalized spacial score (nSPS) is 14.0. The van der Waals surface area contributed by atoms with E-state index >= 15 is 0 Å². The molecule has 0 fully saturated rings. The predicted octanol–water partition coefficient (Wildman–Crippen LogP) is 5.26. The van der Waals surface area contributed by atoms with Crippen LogP contribution >= 0.6 is 11.9 Å². The van der Waals surface area contributed by atoms with Crippen molar-refractivity contribution in [3.05, 3.63) is 65.7 Å². The van der Waals surface area contributed by atoms with E-state index in [9.17, 15) is 18.0 Å². The number of ether oxygens (including phenoxy) is 1. The van der Waals surface area contributed by atoms with E-state index in [1.165, 1.54) is 42.5 Å². The summed E-state index contributed by atoms with van der Waals surface area (Å²) in [6, 6.07) is 5.40. The largest absolute Gasteiger partial charge is 0.573 e. The van der Waals surface area contributed by atoms with Gasteiger partial charge in [0.2, 0.25) is 0 Å². The van der Waals surface area contributed by atoms with Crippen LogP contribution < -0.4 is 14.8 Å². The summed E-state index contributed by atoms with van der Waals surface area (Å²) >= 11 is 1.36. The van der Waals surface area contributed by atoms with Gasteiger partial charge in [-0.05, 0) is 63.4 Å². The molecule has 2 N–H and O–H groups in total. The smallest absolute Gasteiger partial charge is 0.406 e. The Labute approximate surface area is 188 Å². The molecule has 0 bridgehead atoms. The maximum absolute atomic E-state index is 12.5. The fourth-order valence-electron chi connectivity index (χ4n) is 2.83. The lowest BCUT2D eigenvalue weighted by Crippen LogP contribution is -2.24. The summed E-state index contributed by atoms with van der Waals surface area (Å²) in [6.45, 7) is 6.04. The van der Waals surface area contributed by atoms with E-state index in [2.05, 4.69) is 24.7 Å². The highest BCUT2D eigenvalue weighted by molar-refractivity contribution is 7.99. The number of nitrogens with zero attached hydrogens (tertiary/aromatic N) is 2. The van der Waals surface area contributed by atoms with E-state index in [1.807, 2.05) is 32.9 Å². The molecule has 6 nitrogen and oxygen atoms in total. The van der Waals surface area contributed by atoms with Crippen LogP contribution in [0.3, 0.4) is 0 Å². The molecule has 32 heavy (non-hydrogen) atoms. The highest BCUT2D eigenvalue weighted by Gasteiger charge is 2.31. The zero-order chi connectivity index (χ0) is 23.4. The molecular formula is C22H23F3N4O2S. The number of hydrogen-bond donors (Lipinski definition) is 2. The molecule has 0 unspecified atom stereocenters. The minimum absolute atomic E-state index is 0.0982. The standard InChI is InChI=1S/C22H23F3N4O2S/c1-21(2,3)32-29-20(30)14-5-4-6-17-18(12-7-14)26-13-27-19(17)28-15-8-10-16(11-9-15)31-22(23,24)25/h4-5,7-11,13H,6,12H2,1-3H3,(H,29,30)(H,26,27,28). The number of rotatable bonds is 5. The zero-order valence-corrected chi connectivity index (χ0v) is 18.6. The number of benzene rings is 1. The lowest BCUT2D eigenvalue weighted by atomic mass is 10.0. The molecule has 0 saturated heterocycles. The van der Waals surface area contributed by atoms with Crippen LogP contribution in [0.4, 0.5) is 24.7 Å². The molecule has 1 aromatic carbocycles. The van der Waals surface area contributed by atoms with Crippen molar-refractivity contribution >= 4 is 29.4 Å². The fourth-order valence-corrected chi connectivity index (χ4v) is 3.35. The number of aromatic nitrogens is 2. The first-order valence-corrected chi connectivity index (χ1v) is 10.6. The van der Waals surface area contributed by atoms with Crippen LogP contribution in [-0.2, 0) is 17.6 Å². The van der Waals surface area contributed by atoms with Crippen LogP contribution in [0, 0.1) is 0 Å². The first-order valence-electron chi connectivity index (χ1n) is 9.81. The molecule has 1 heterocycles. The summed E-state index contributed by atoms with van der Waals surface area (Å²) in [5, 5.41) is 3.12. The van der Waals surface area contributed by atoms with Gasteiger partial charge in [-0.15, -0.1) is 13.2 Å². The number of carbonyl (C=O) groups is 1. The van der Waals surface area contributed by atoms with Gasteiger partial charge in [-0.25, -0.2) is 9.97 Å². The molecule has 1 aliphatic carbocycles. The minimum Gasteiger partial charge on any atom is -0.406 e. The topological polar surface area (TPSA) is 76.1 Å². The Morgan fingerprint density at radius 1 is 1.09 bits per heavy atom. The molecular weight excluding hydrogens is 441 g/mol. The number of halogens is 3.